The predicted octanol–water partition coefficient (Wildman–Crippen LogP) is 17.2. The first-order valence-electron chi connectivity index (χ1n) is 24.5. The van der Waals surface area contributed by atoms with Gasteiger partial charge < -0.3 is 14.0 Å². The van der Waals surface area contributed by atoms with Gasteiger partial charge in [0.05, 0.1) is 44.8 Å². The van der Waals surface area contributed by atoms with Crippen LogP contribution < -0.4 is 4.90 Å². The number of rotatable bonds is 7. The van der Waals surface area contributed by atoms with Crippen LogP contribution in [0.5, 0.6) is 0 Å². The molecule has 0 bridgehead atoms. The molecule has 5 nitrogen and oxygen atoms in total. The van der Waals surface area contributed by atoms with Gasteiger partial charge in [0.1, 0.15) is 5.69 Å². The predicted molar refractivity (Wildman–Crippen MR) is 295 cm³/mol. The van der Waals surface area contributed by atoms with E-state index >= 15 is 0 Å². The Kier molecular flexibility index (Phi) is 9.17. The van der Waals surface area contributed by atoms with Gasteiger partial charge in [-0.2, -0.15) is 5.10 Å². The zero-order valence-electron chi connectivity index (χ0n) is 39.4. The van der Waals surface area contributed by atoms with Gasteiger partial charge in [0.2, 0.25) is 0 Å². The van der Waals surface area contributed by atoms with Gasteiger partial charge >= 0.3 is 0 Å². The van der Waals surface area contributed by atoms with Crippen molar-refractivity contribution in [1.29, 1.82) is 0 Å². The molecule has 4 heterocycles. The van der Waals surface area contributed by atoms with Crippen molar-refractivity contribution >= 4 is 60.7 Å². The molecule has 1 aliphatic rings. The lowest BCUT2D eigenvalue weighted by Gasteiger charge is -2.42. The summed E-state index contributed by atoms with van der Waals surface area (Å²) in [4.78, 5) is 2.48. The van der Waals surface area contributed by atoms with E-state index in [2.05, 4.69) is 281 Å². The molecule has 0 unspecified atom stereocenters. The highest BCUT2D eigenvalue weighted by molar-refractivity contribution is 6.10. The molecule has 336 valence electrons. The smallest absolute Gasteiger partial charge is 0.101 e. The van der Waals surface area contributed by atoms with Gasteiger partial charge in [-0.3, -0.25) is 0 Å². The molecular formula is C66H47N5. The molecule has 13 aromatic rings. The number of hydrogen-bond acceptors (Lipinski definition) is 2. The Morgan fingerprint density at radius 3 is 1.20 bits per heavy atom. The van der Waals surface area contributed by atoms with E-state index < -0.39 is 0 Å². The summed E-state index contributed by atoms with van der Waals surface area (Å²) in [6, 6.07) is 90.2. The van der Waals surface area contributed by atoms with Gasteiger partial charge in [-0.05, 0) is 102 Å². The van der Waals surface area contributed by atoms with E-state index in [1.807, 2.05) is 0 Å². The van der Waals surface area contributed by atoms with Crippen LogP contribution in [-0.4, -0.2) is 18.9 Å². The molecule has 1 aliphatic heterocycles. The fourth-order valence-electron chi connectivity index (χ4n) is 11.6. The fraction of sp³-hybridized carbons (Fsp3) is 0.0455. The van der Waals surface area contributed by atoms with E-state index in [-0.39, 0.29) is 5.41 Å². The van der Waals surface area contributed by atoms with E-state index in [0.29, 0.717) is 0 Å². The van der Waals surface area contributed by atoms with Crippen LogP contribution >= 0.6 is 0 Å². The standard InChI is InChI=1S/C66H47N5/c1-66(2)55-42-49(69-57-30-16-12-26-51(57)52-27-13-17-31-58(52)69)38-40-61(55)68(62-41-39-50(43-56(62)66)70-59-32-18-14-28-53(59)54-29-15-19-33-60(54)70)47-36-34-44(35-37-47)63-64(45-20-6-3-7-21-45)67-71(48-24-10-5-11-25-48)65(63)46-22-8-4-9-23-46/h3-43H,1-2H3. The molecule has 0 atom stereocenters. The second-order valence-electron chi connectivity index (χ2n) is 19.2. The lowest BCUT2D eigenvalue weighted by Crippen LogP contribution is -2.31. The Hall–Kier alpha value is -9.19. The molecule has 0 fully saturated rings. The van der Waals surface area contributed by atoms with Crippen LogP contribution in [0, 0.1) is 0 Å². The molecule has 0 aliphatic carbocycles. The van der Waals surface area contributed by atoms with Crippen molar-refractivity contribution in [3.8, 4) is 50.7 Å². The number of nitrogens with zero attached hydrogens (tertiary/aromatic N) is 5. The molecular weight excluding hydrogens is 863 g/mol. The zero-order chi connectivity index (χ0) is 47.2. The van der Waals surface area contributed by atoms with Gasteiger partial charge in [-0.25, -0.2) is 4.68 Å². The topological polar surface area (TPSA) is 30.9 Å². The van der Waals surface area contributed by atoms with Crippen molar-refractivity contribution < 1.29 is 0 Å². The minimum Gasteiger partial charge on any atom is -0.310 e. The molecule has 0 saturated heterocycles. The highest BCUT2D eigenvalue weighted by atomic mass is 15.3. The van der Waals surface area contributed by atoms with Crippen molar-refractivity contribution in [2.45, 2.75) is 19.3 Å². The van der Waals surface area contributed by atoms with Crippen LogP contribution in [0.25, 0.3) is 94.3 Å². The van der Waals surface area contributed by atoms with Gasteiger partial charge in [-0.15, -0.1) is 0 Å². The van der Waals surface area contributed by atoms with Gasteiger partial charge in [0.15, 0.2) is 0 Å². The van der Waals surface area contributed by atoms with Gasteiger partial charge in [0.25, 0.3) is 0 Å². The molecule has 3 aromatic heterocycles. The van der Waals surface area contributed by atoms with Gasteiger partial charge in [-0.1, -0.05) is 178 Å². The van der Waals surface area contributed by atoms with E-state index in [0.717, 1.165) is 67.8 Å². The minimum absolute atomic E-state index is 0.383. The third-order valence-corrected chi connectivity index (χ3v) is 14.9. The summed E-state index contributed by atoms with van der Waals surface area (Å²) in [5.41, 5.74) is 20.0. The summed E-state index contributed by atoms with van der Waals surface area (Å²) in [5.74, 6) is 0. The summed E-state index contributed by atoms with van der Waals surface area (Å²) in [6.07, 6.45) is 0. The molecule has 10 aromatic carbocycles. The highest BCUT2D eigenvalue weighted by Crippen LogP contribution is 2.54. The number of benzene rings is 10. The molecule has 0 spiro atoms. The average molecular weight is 910 g/mol. The number of fused-ring (bicyclic) bond motifs is 8. The first-order valence-corrected chi connectivity index (χ1v) is 24.5. The first-order chi connectivity index (χ1) is 35.0. The summed E-state index contributed by atoms with van der Waals surface area (Å²) in [6.45, 7) is 4.80. The SMILES string of the molecule is CC1(C)c2cc(-n3c4ccccc4c4ccccc43)ccc2N(c2ccc(-c3c(-c4ccccc4)nn(-c4ccccc4)c3-c3ccccc3)cc2)c2ccc(-n3c4ccccc4c4ccccc43)cc21. The number of aromatic nitrogens is 4. The van der Waals surface area contributed by atoms with Crippen molar-refractivity contribution in [2.75, 3.05) is 4.90 Å². The Balaban J connectivity index is 0.986. The van der Waals surface area contributed by atoms with E-state index in [1.165, 1.54) is 54.7 Å². The third kappa shape index (κ3) is 6.29. The molecule has 71 heavy (non-hydrogen) atoms. The monoisotopic (exact) mass is 909 g/mol. The van der Waals surface area contributed by atoms with Crippen molar-refractivity contribution in [1.82, 2.24) is 18.9 Å². The largest absolute Gasteiger partial charge is 0.310 e. The fourth-order valence-corrected chi connectivity index (χ4v) is 11.6. The maximum atomic E-state index is 5.43. The minimum atomic E-state index is -0.383. The van der Waals surface area contributed by atoms with E-state index in [4.69, 9.17) is 5.10 Å². The van der Waals surface area contributed by atoms with Crippen molar-refractivity contribution in [3.63, 3.8) is 0 Å². The Morgan fingerprint density at radius 1 is 0.338 bits per heavy atom. The first kappa shape index (κ1) is 40.8. The molecule has 0 amide bonds. The van der Waals surface area contributed by atoms with E-state index in [1.54, 1.807) is 0 Å². The van der Waals surface area contributed by atoms with Crippen LogP contribution in [0.3, 0.4) is 0 Å². The van der Waals surface area contributed by atoms with Crippen LogP contribution in [0.15, 0.2) is 249 Å². The van der Waals surface area contributed by atoms with Crippen molar-refractivity contribution in [2.24, 2.45) is 0 Å². The van der Waals surface area contributed by atoms with E-state index in [9.17, 15) is 0 Å². The Morgan fingerprint density at radius 2 is 0.732 bits per heavy atom. The Bertz CT molecular complexity index is 3900. The summed E-state index contributed by atoms with van der Waals surface area (Å²) in [5, 5.41) is 10.4. The number of para-hydroxylation sites is 5. The summed E-state index contributed by atoms with van der Waals surface area (Å²) >= 11 is 0. The Labute approximate surface area is 412 Å². The van der Waals surface area contributed by atoms with Gasteiger partial charge in [0, 0.05) is 60.7 Å². The summed E-state index contributed by atoms with van der Waals surface area (Å²) in [7, 11) is 0. The number of hydrogen-bond donors (Lipinski definition) is 0. The second-order valence-corrected chi connectivity index (χ2v) is 19.2. The lowest BCUT2D eigenvalue weighted by atomic mass is 9.73. The van der Waals surface area contributed by atoms with Crippen LogP contribution in [0.1, 0.15) is 25.0 Å². The van der Waals surface area contributed by atoms with Crippen LogP contribution in [0.4, 0.5) is 17.1 Å². The molecule has 14 rings (SSSR count). The maximum absolute atomic E-state index is 5.43. The second kappa shape index (κ2) is 15.9. The van der Waals surface area contributed by atoms with Crippen LogP contribution in [-0.2, 0) is 5.41 Å². The zero-order valence-corrected chi connectivity index (χ0v) is 39.4. The van der Waals surface area contributed by atoms with Crippen molar-refractivity contribution in [3.05, 3.63) is 260 Å². The summed E-state index contributed by atoms with van der Waals surface area (Å²) < 4.78 is 6.99. The molecule has 0 radical (unpaired) electrons. The molecule has 0 saturated carbocycles. The lowest BCUT2D eigenvalue weighted by molar-refractivity contribution is 0.631. The quantitative estimate of drug-likeness (QED) is 0.160. The maximum Gasteiger partial charge on any atom is 0.101 e. The normalized spacial score (nSPS) is 13.0. The third-order valence-electron chi connectivity index (χ3n) is 14.9. The molecule has 5 heteroatoms. The highest BCUT2D eigenvalue weighted by Gasteiger charge is 2.38. The average Bonchev–Trinajstić information content (AvgIpc) is 4.11. The van der Waals surface area contributed by atoms with Crippen LogP contribution in [0.2, 0.25) is 0 Å². The number of anilines is 3. The molecule has 0 N–H and O–H groups in total.